The first-order valence-electron chi connectivity index (χ1n) is 7.40. The van der Waals surface area contributed by atoms with Crippen LogP contribution in [0.5, 0.6) is 0 Å². The van der Waals surface area contributed by atoms with Gasteiger partial charge in [0.15, 0.2) is 6.61 Å². The highest BCUT2D eigenvalue weighted by Gasteiger charge is 2.21. The maximum Gasteiger partial charge on any atom is 0.355 e. The fraction of sp³-hybridized carbons (Fsp3) is 0.294. The number of benzene rings is 1. The third kappa shape index (κ3) is 3.80. The SMILES string of the molecule is Cc1[nH]c(C(=O)OCC(=O)Nc2ccccc2F)c(C)c1C(C)O. The summed E-state index contributed by atoms with van der Waals surface area (Å²) in [6.07, 6.45) is -0.729. The zero-order valence-corrected chi connectivity index (χ0v) is 13.6. The second kappa shape index (κ2) is 7.27. The molecule has 1 aromatic carbocycles. The summed E-state index contributed by atoms with van der Waals surface area (Å²) in [5.74, 6) is -1.94. The molecule has 0 aliphatic heterocycles. The minimum Gasteiger partial charge on any atom is -0.451 e. The van der Waals surface area contributed by atoms with E-state index in [1.807, 2.05) is 0 Å². The molecular formula is C17H19FN2O4. The van der Waals surface area contributed by atoms with Gasteiger partial charge < -0.3 is 20.1 Å². The van der Waals surface area contributed by atoms with Crippen LogP contribution >= 0.6 is 0 Å². The summed E-state index contributed by atoms with van der Waals surface area (Å²) < 4.78 is 18.4. The van der Waals surface area contributed by atoms with Crippen LogP contribution in [0.3, 0.4) is 0 Å². The Kier molecular flexibility index (Phi) is 5.35. The van der Waals surface area contributed by atoms with Gasteiger partial charge in [0, 0.05) is 11.3 Å². The fourth-order valence-electron chi connectivity index (χ4n) is 2.55. The summed E-state index contributed by atoms with van der Waals surface area (Å²) in [5.41, 5.74) is 2.05. The number of H-pyrrole nitrogens is 1. The number of aliphatic hydroxyl groups excluding tert-OH is 1. The largest absolute Gasteiger partial charge is 0.451 e. The van der Waals surface area contributed by atoms with E-state index < -0.39 is 30.4 Å². The number of halogens is 1. The van der Waals surface area contributed by atoms with E-state index in [-0.39, 0.29) is 11.4 Å². The maximum absolute atomic E-state index is 13.4. The van der Waals surface area contributed by atoms with Crippen LogP contribution < -0.4 is 5.32 Å². The van der Waals surface area contributed by atoms with E-state index in [0.29, 0.717) is 16.8 Å². The van der Waals surface area contributed by atoms with Crippen molar-refractivity contribution < 1.29 is 23.8 Å². The van der Waals surface area contributed by atoms with Crippen LogP contribution in [0.2, 0.25) is 0 Å². The Hall–Kier alpha value is -2.67. The minimum absolute atomic E-state index is 0.0156. The summed E-state index contributed by atoms with van der Waals surface area (Å²) in [6, 6.07) is 5.70. The number of rotatable bonds is 5. The zero-order chi connectivity index (χ0) is 17.9. The van der Waals surface area contributed by atoms with E-state index in [2.05, 4.69) is 10.3 Å². The highest BCUT2D eigenvalue weighted by molar-refractivity contribution is 5.95. The predicted octanol–water partition coefficient (Wildman–Crippen LogP) is 2.62. The number of aromatic nitrogens is 1. The maximum atomic E-state index is 13.4. The molecule has 0 radical (unpaired) electrons. The lowest BCUT2D eigenvalue weighted by atomic mass is 10.1. The normalized spacial score (nSPS) is 11.9. The lowest BCUT2D eigenvalue weighted by Gasteiger charge is -2.08. The number of carbonyl (C=O) groups is 2. The van der Waals surface area contributed by atoms with Gasteiger partial charge in [-0.25, -0.2) is 9.18 Å². The lowest BCUT2D eigenvalue weighted by Crippen LogP contribution is -2.21. The first-order chi connectivity index (χ1) is 11.3. The van der Waals surface area contributed by atoms with Gasteiger partial charge in [0.05, 0.1) is 11.8 Å². The quantitative estimate of drug-likeness (QED) is 0.733. The highest BCUT2D eigenvalue weighted by Crippen LogP contribution is 2.24. The molecular weight excluding hydrogens is 315 g/mol. The summed E-state index contributed by atoms with van der Waals surface area (Å²) >= 11 is 0. The zero-order valence-electron chi connectivity index (χ0n) is 13.6. The molecule has 2 rings (SSSR count). The highest BCUT2D eigenvalue weighted by atomic mass is 19.1. The van der Waals surface area contributed by atoms with E-state index in [1.165, 1.54) is 18.2 Å². The van der Waals surface area contributed by atoms with Gasteiger partial charge in [-0.05, 0) is 38.5 Å². The van der Waals surface area contributed by atoms with Crippen molar-refractivity contribution in [2.75, 3.05) is 11.9 Å². The van der Waals surface area contributed by atoms with Crippen molar-refractivity contribution in [2.24, 2.45) is 0 Å². The van der Waals surface area contributed by atoms with Gasteiger partial charge >= 0.3 is 5.97 Å². The lowest BCUT2D eigenvalue weighted by molar-refractivity contribution is -0.119. The van der Waals surface area contributed by atoms with Crippen LogP contribution in [-0.4, -0.2) is 28.6 Å². The van der Waals surface area contributed by atoms with E-state index in [4.69, 9.17) is 4.74 Å². The number of amides is 1. The molecule has 7 heteroatoms. The van der Waals surface area contributed by atoms with Crippen molar-refractivity contribution in [1.82, 2.24) is 4.98 Å². The first kappa shape index (κ1) is 17.7. The topological polar surface area (TPSA) is 91.4 Å². The molecule has 24 heavy (non-hydrogen) atoms. The Morgan fingerprint density at radius 2 is 2.00 bits per heavy atom. The Morgan fingerprint density at radius 3 is 2.58 bits per heavy atom. The molecule has 0 saturated carbocycles. The first-order valence-corrected chi connectivity index (χ1v) is 7.40. The number of carbonyl (C=O) groups excluding carboxylic acids is 2. The molecule has 1 amide bonds. The Morgan fingerprint density at radius 1 is 1.33 bits per heavy atom. The number of aryl methyl sites for hydroxylation is 1. The monoisotopic (exact) mass is 334 g/mol. The molecule has 6 nitrogen and oxygen atoms in total. The van der Waals surface area contributed by atoms with Crippen molar-refractivity contribution in [1.29, 1.82) is 0 Å². The molecule has 1 atom stereocenters. The van der Waals surface area contributed by atoms with Crippen molar-refractivity contribution >= 4 is 17.6 Å². The van der Waals surface area contributed by atoms with Gasteiger partial charge in [0.25, 0.3) is 5.91 Å². The van der Waals surface area contributed by atoms with Crippen LogP contribution in [0.25, 0.3) is 0 Å². The summed E-state index contributed by atoms with van der Waals surface area (Å²) in [6.45, 7) is 4.47. The van der Waals surface area contributed by atoms with Crippen molar-refractivity contribution in [3.05, 3.63) is 52.6 Å². The molecule has 1 aromatic heterocycles. The van der Waals surface area contributed by atoms with Gasteiger partial charge in [-0.3, -0.25) is 4.79 Å². The number of hydrogen-bond acceptors (Lipinski definition) is 4. The number of anilines is 1. The van der Waals surface area contributed by atoms with E-state index in [9.17, 15) is 19.1 Å². The van der Waals surface area contributed by atoms with Gasteiger partial charge in [-0.1, -0.05) is 12.1 Å². The number of ether oxygens (including phenoxy) is 1. The third-order valence-electron chi connectivity index (χ3n) is 3.60. The molecule has 0 aliphatic rings. The van der Waals surface area contributed by atoms with E-state index in [1.54, 1.807) is 26.8 Å². The molecule has 3 N–H and O–H groups in total. The second-order valence-electron chi connectivity index (χ2n) is 5.44. The average molecular weight is 334 g/mol. The number of aromatic amines is 1. The van der Waals surface area contributed by atoms with E-state index in [0.717, 1.165) is 0 Å². The Balaban J connectivity index is 2.00. The van der Waals surface area contributed by atoms with Gasteiger partial charge in [0.2, 0.25) is 0 Å². The molecule has 0 aliphatic carbocycles. The second-order valence-corrected chi connectivity index (χ2v) is 5.44. The van der Waals surface area contributed by atoms with Crippen molar-refractivity contribution in [3.63, 3.8) is 0 Å². The van der Waals surface area contributed by atoms with Crippen LogP contribution in [-0.2, 0) is 9.53 Å². The smallest absolute Gasteiger partial charge is 0.355 e. The number of hydrogen-bond donors (Lipinski definition) is 3. The summed E-state index contributed by atoms with van der Waals surface area (Å²) in [4.78, 5) is 26.7. The minimum atomic E-state index is -0.729. The van der Waals surface area contributed by atoms with Crippen LogP contribution in [0.4, 0.5) is 10.1 Å². The molecule has 2 aromatic rings. The molecule has 0 saturated heterocycles. The molecule has 0 bridgehead atoms. The number of esters is 1. The van der Waals surface area contributed by atoms with Crippen LogP contribution in [0.1, 0.15) is 40.3 Å². The number of nitrogens with one attached hydrogen (secondary N) is 2. The molecule has 0 spiro atoms. The fourth-order valence-corrected chi connectivity index (χ4v) is 2.55. The standard InChI is InChI=1S/C17H19FN2O4/c1-9-15(11(3)21)10(2)19-16(9)17(23)24-8-14(22)20-13-7-5-4-6-12(13)18/h4-7,11,19,21H,8H2,1-3H3,(H,20,22). The molecule has 0 fully saturated rings. The molecule has 128 valence electrons. The summed E-state index contributed by atoms with van der Waals surface area (Å²) in [7, 11) is 0. The van der Waals surface area contributed by atoms with Crippen molar-refractivity contribution in [2.45, 2.75) is 26.9 Å². The Bertz CT molecular complexity index is 768. The number of aliphatic hydroxyl groups is 1. The number of para-hydroxylation sites is 1. The Labute approximate surface area is 138 Å². The third-order valence-corrected chi connectivity index (χ3v) is 3.60. The molecule has 1 heterocycles. The van der Waals surface area contributed by atoms with Gasteiger partial charge in [0.1, 0.15) is 11.5 Å². The van der Waals surface area contributed by atoms with Crippen LogP contribution in [0.15, 0.2) is 24.3 Å². The summed E-state index contributed by atoms with van der Waals surface area (Å²) in [5, 5.41) is 12.0. The van der Waals surface area contributed by atoms with Crippen LogP contribution in [0, 0.1) is 19.7 Å². The molecule has 1 unspecified atom stereocenters. The van der Waals surface area contributed by atoms with Gasteiger partial charge in [-0.2, -0.15) is 0 Å². The van der Waals surface area contributed by atoms with Gasteiger partial charge in [-0.15, -0.1) is 0 Å². The van der Waals surface area contributed by atoms with E-state index >= 15 is 0 Å². The average Bonchev–Trinajstić information content (AvgIpc) is 2.82. The van der Waals surface area contributed by atoms with Crippen molar-refractivity contribution in [3.8, 4) is 0 Å². The predicted molar refractivity (Wildman–Crippen MR) is 86.2 cm³/mol.